The maximum absolute atomic E-state index is 13.4. The number of anilines is 1. The predicted molar refractivity (Wildman–Crippen MR) is 127 cm³/mol. The first kappa shape index (κ1) is 21.3. The fourth-order valence-corrected chi connectivity index (χ4v) is 5.44. The molecule has 2 amide bonds. The zero-order valence-electron chi connectivity index (χ0n) is 18.0. The SMILES string of the molecule is Cc1ccccc1C(=O)Nc1sc2c(c1C(=O)N[C@H](C)c1ccccc1)CCCCC2. The number of nitrogens with one attached hydrogen (secondary N) is 2. The van der Waals surface area contributed by atoms with Crippen molar-refractivity contribution in [3.05, 3.63) is 87.3 Å². The summed E-state index contributed by atoms with van der Waals surface area (Å²) in [6.45, 7) is 3.91. The molecule has 4 nitrogen and oxygen atoms in total. The van der Waals surface area contributed by atoms with E-state index in [1.54, 1.807) is 11.3 Å². The van der Waals surface area contributed by atoms with E-state index in [4.69, 9.17) is 0 Å². The first-order valence-electron chi connectivity index (χ1n) is 10.9. The molecule has 4 rings (SSSR count). The van der Waals surface area contributed by atoms with Gasteiger partial charge in [-0.15, -0.1) is 11.3 Å². The second-order valence-electron chi connectivity index (χ2n) is 8.14. The number of carbonyl (C=O) groups excluding carboxylic acids is 2. The first-order chi connectivity index (χ1) is 15.0. The van der Waals surface area contributed by atoms with Gasteiger partial charge < -0.3 is 10.6 Å². The third kappa shape index (κ3) is 4.72. The molecule has 1 aromatic heterocycles. The molecule has 0 bridgehead atoms. The molecule has 0 radical (unpaired) electrons. The molecule has 2 N–H and O–H groups in total. The van der Waals surface area contributed by atoms with Crippen molar-refractivity contribution in [1.82, 2.24) is 5.32 Å². The van der Waals surface area contributed by atoms with Crippen LogP contribution in [0.4, 0.5) is 5.00 Å². The molecule has 2 aromatic carbocycles. The quantitative estimate of drug-likeness (QED) is 0.481. The Kier molecular flexibility index (Phi) is 6.52. The number of thiophene rings is 1. The highest BCUT2D eigenvalue weighted by atomic mass is 32.1. The monoisotopic (exact) mass is 432 g/mol. The molecule has 3 aromatic rings. The van der Waals surface area contributed by atoms with Crippen molar-refractivity contribution < 1.29 is 9.59 Å². The van der Waals surface area contributed by atoms with E-state index in [0.717, 1.165) is 42.4 Å². The van der Waals surface area contributed by atoms with E-state index in [-0.39, 0.29) is 17.9 Å². The standard InChI is InChI=1S/C26H28N2O2S/c1-17-11-9-10-14-20(17)24(29)28-26-23(21-15-7-4-8-16-22(21)31-26)25(30)27-18(2)19-12-5-3-6-13-19/h3,5-6,9-14,18H,4,7-8,15-16H2,1-2H3,(H,27,30)(H,28,29)/t18-/m1/s1. The number of rotatable bonds is 5. The van der Waals surface area contributed by atoms with Crippen LogP contribution in [-0.4, -0.2) is 11.8 Å². The predicted octanol–water partition coefficient (Wildman–Crippen LogP) is 6.07. The highest BCUT2D eigenvalue weighted by Gasteiger charge is 2.27. The largest absolute Gasteiger partial charge is 0.345 e. The van der Waals surface area contributed by atoms with E-state index in [0.29, 0.717) is 16.1 Å². The van der Waals surface area contributed by atoms with Crippen molar-refractivity contribution >= 4 is 28.2 Å². The van der Waals surface area contributed by atoms with Crippen molar-refractivity contribution in [1.29, 1.82) is 0 Å². The van der Waals surface area contributed by atoms with Crippen molar-refractivity contribution in [3.8, 4) is 0 Å². The molecule has 0 saturated carbocycles. The minimum atomic E-state index is -0.167. The molecule has 0 spiro atoms. The van der Waals surface area contributed by atoms with E-state index >= 15 is 0 Å². The maximum atomic E-state index is 13.4. The molecule has 5 heteroatoms. The molecule has 31 heavy (non-hydrogen) atoms. The number of benzene rings is 2. The third-order valence-electron chi connectivity index (χ3n) is 5.91. The molecule has 0 fully saturated rings. The lowest BCUT2D eigenvalue weighted by molar-refractivity contribution is 0.0940. The van der Waals surface area contributed by atoms with Crippen LogP contribution < -0.4 is 10.6 Å². The van der Waals surface area contributed by atoms with Crippen molar-refractivity contribution in [2.75, 3.05) is 5.32 Å². The highest BCUT2D eigenvalue weighted by molar-refractivity contribution is 7.17. The Morgan fingerprint density at radius 1 is 0.903 bits per heavy atom. The average molecular weight is 433 g/mol. The van der Waals surface area contributed by atoms with Gasteiger partial charge in [-0.3, -0.25) is 9.59 Å². The number of carbonyl (C=O) groups is 2. The molecule has 0 saturated heterocycles. The van der Waals surface area contributed by atoms with E-state index in [2.05, 4.69) is 10.6 Å². The summed E-state index contributed by atoms with van der Waals surface area (Å²) in [6.07, 6.45) is 5.22. The second-order valence-corrected chi connectivity index (χ2v) is 9.25. The van der Waals surface area contributed by atoms with Crippen LogP contribution in [0.1, 0.15) is 74.5 Å². The highest BCUT2D eigenvalue weighted by Crippen LogP contribution is 2.38. The van der Waals surface area contributed by atoms with Gasteiger partial charge in [0.05, 0.1) is 11.6 Å². The Hall–Kier alpha value is -2.92. The summed E-state index contributed by atoms with van der Waals surface area (Å²) in [7, 11) is 0. The zero-order chi connectivity index (χ0) is 21.8. The van der Waals surface area contributed by atoms with Gasteiger partial charge in [0.15, 0.2) is 0 Å². The van der Waals surface area contributed by atoms with Crippen LogP contribution in [0, 0.1) is 6.92 Å². The molecule has 0 unspecified atom stereocenters. The Balaban J connectivity index is 1.65. The lowest BCUT2D eigenvalue weighted by atomic mass is 10.0. The average Bonchev–Trinajstić information content (AvgIpc) is 2.95. The fraction of sp³-hybridized carbons (Fsp3) is 0.308. The summed E-state index contributed by atoms with van der Waals surface area (Å²) in [4.78, 5) is 27.7. The van der Waals surface area contributed by atoms with Crippen LogP contribution in [0.3, 0.4) is 0 Å². The normalized spacial score (nSPS) is 14.3. The molecule has 160 valence electrons. The summed E-state index contributed by atoms with van der Waals surface area (Å²) >= 11 is 1.56. The van der Waals surface area contributed by atoms with Gasteiger partial charge in [-0.1, -0.05) is 55.0 Å². The summed E-state index contributed by atoms with van der Waals surface area (Å²) in [5.74, 6) is -0.282. The Bertz CT molecular complexity index is 1090. The van der Waals surface area contributed by atoms with Gasteiger partial charge in [-0.25, -0.2) is 0 Å². The van der Waals surface area contributed by atoms with Gasteiger partial charge in [0.25, 0.3) is 11.8 Å². The summed E-state index contributed by atoms with van der Waals surface area (Å²) in [6, 6.07) is 17.4. The van der Waals surface area contributed by atoms with Crippen LogP contribution in [0.5, 0.6) is 0 Å². The lowest BCUT2D eigenvalue weighted by Gasteiger charge is -2.16. The minimum absolute atomic E-state index is 0.115. The van der Waals surface area contributed by atoms with E-state index in [1.165, 1.54) is 11.3 Å². The molecular weight excluding hydrogens is 404 g/mol. The Morgan fingerprint density at radius 3 is 2.39 bits per heavy atom. The molecular formula is C26H28N2O2S. The van der Waals surface area contributed by atoms with Crippen LogP contribution in [0.25, 0.3) is 0 Å². The molecule has 1 atom stereocenters. The van der Waals surface area contributed by atoms with Gasteiger partial charge in [-0.2, -0.15) is 0 Å². The molecule has 1 aliphatic rings. The van der Waals surface area contributed by atoms with Gasteiger partial charge in [0.1, 0.15) is 5.00 Å². The van der Waals surface area contributed by atoms with E-state index in [1.807, 2.05) is 68.4 Å². The van der Waals surface area contributed by atoms with Crippen molar-refractivity contribution in [3.63, 3.8) is 0 Å². The van der Waals surface area contributed by atoms with Crippen LogP contribution in [-0.2, 0) is 12.8 Å². The zero-order valence-corrected chi connectivity index (χ0v) is 18.9. The minimum Gasteiger partial charge on any atom is -0.345 e. The van der Waals surface area contributed by atoms with Crippen molar-refractivity contribution in [2.45, 2.75) is 52.0 Å². The number of hydrogen-bond acceptors (Lipinski definition) is 3. The first-order valence-corrected chi connectivity index (χ1v) is 11.7. The van der Waals surface area contributed by atoms with Crippen LogP contribution >= 0.6 is 11.3 Å². The van der Waals surface area contributed by atoms with E-state index in [9.17, 15) is 9.59 Å². The summed E-state index contributed by atoms with van der Waals surface area (Å²) in [5, 5.41) is 6.87. The van der Waals surface area contributed by atoms with Crippen LogP contribution in [0.2, 0.25) is 0 Å². The van der Waals surface area contributed by atoms with Gasteiger partial charge >= 0.3 is 0 Å². The van der Waals surface area contributed by atoms with Gasteiger partial charge in [0, 0.05) is 10.4 Å². The molecule has 1 aliphatic carbocycles. The molecule has 1 heterocycles. The fourth-order valence-electron chi connectivity index (χ4n) is 4.16. The Labute approximate surface area is 187 Å². The van der Waals surface area contributed by atoms with Crippen LogP contribution in [0.15, 0.2) is 54.6 Å². The van der Waals surface area contributed by atoms with Gasteiger partial charge in [0.2, 0.25) is 0 Å². The summed E-state index contributed by atoms with van der Waals surface area (Å²) in [5.41, 5.74) is 4.37. The summed E-state index contributed by atoms with van der Waals surface area (Å²) < 4.78 is 0. The number of hydrogen-bond donors (Lipinski definition) is 2. The van der Waals surface area contributed by atoms with Crippen molar-refractivity contribution in [2.24, 2.45) is 0 Å². The lowest BCUT2D eigenvalue weighted by Crippen LogP contribution is -2.28. The second kappa shape index (κ2) is 9.48. The molecule has 0 aliphatic heterocycles. The maximum Gasteiger partial charge on any atom is 0.256 e. The smallest absolute Gasteiger partial charge is 0.256 e. The number of fused-ring (bicyclic) bond motifs is 1. The number of amides is 2. The van der Waals surface area contributed by atoms with Gasteiger partial charge in [-0.05, 0) is 62.3 Å². The topological polar surface area (TPSA) is 58.2 Å². The number of aryl methyl sites for hydroxylation is 2. The van der Waals surface area contributed by atoms with E-state index < -0.39 is 0 Å². The Morgan fingerprint density at radius 2 is 1.61 bits per heavy atom. The third-order valence-corrected chi connectivity index (χ3v) is 7.12.